The first kappa shape index (κ1) is 13.4. The molecule has 0 spiro atoms. The van der Waals surface area contributed by atoms with Crippen molar-refractivity contribution in [3.05, 3.63) is 17.5 Å². The van der Waals surface area contributed by atoms with E-state index in [2.05, 4.69) is 17.3 Å². The van der Waals surface area contributed by atoms with Gasteiger partial charge in [0.15, 0.2) is 0 Å². The summed E-state index contributed by atoms with van der Waals surface area (Å²) in [5.74, 6) is 1.48. The predicted molar refractivity (Wildman–Crippen MR) is 67.8 cm³/mol. The predicted octanol–water partition coefficient (Wildman–Crippen LogP) is 0.841. The van der Waals surface area contributed by atoms with E-state index < -0.39 is 10.8 Å². The summed E-state index contributed by atoms with van der Waals surface area (Å²) in [6.45, 7) is 5.68. The molecule has 0 aliphatic carbocycles. The number of rotatable bonds is 7. The number of nitrogens with one attached hydrogen (secondary N) is 1. The average Bonchev–Trinajstić information content (AvgIpc) is 2.64. The van der Waals surface area contributed by atoms with Crippen molar-refractivity contribution >= 4 is 10.8 Å². The summed E-state index contributed by atoms with van der Waals surface area (Å²) < 4.78 is 13.1. The number of hydrogen-bond donors (Lipinski definition) is 1. The molecule has 0 bridgehead atoms. The highest BCUT2D eigenvalue weighted by molar-refractivity contribution is 7.84. The molecule has 1 aromatic heterocycles. The highest BCUT2D eigenvalue weighted by atomic mass is 32.2. The minimum Gasteiger partial charge on any atom is -0.312 e. The van der Waals surface area contributed by atoms with Gasteiger partial charge in [-0.15, -0.1) is 0 Å². The van der Waals surface area contributed by atoms with Crippen LogP contribution in [0.15, 0.2) is 6.20 Å². The van der Waals surface area contributed by atoms with Crippen LogP contribution in [0.4, 0.5) is 0 Å². The molecule has 0 aliphatic rings. The van der Waals surface area contributed by atoms with Gasteiger partial charge in [-0.2, -0.15) is 5.10 Å². The first-order valence-electron chi connectivity index (χ1n) is 5.74. The van der Waals surface area contributed by atoms with Crippen LogP contribution in [0.25, 0.3) is 0 Å². The van der Waals surface area contributed by atoms with Gasteiger partial charge in [-0.3, -0.25) is 8.89 Å². The number of hydrogen-bond acceptors (Lipinski definition) is 3. The van der Waals surface area contributed by atoms with Gasteiger partial charge in [0.05, 0.1) is 5.69 Å². The van der Waals surface area contributed by atoms with Gasteiger partial charge in [-0.25, -0.2) is 0 Å². The van der Waals surface area contributed by atoms with Gasteiger partial charge in [-0.05, 0) is 6.42 Å². The Hall–Kier alpha value is -0.680. The van der Waals surface area contributed by atoms with Gasteiger partial charge in [0, 0.05) is 54.2 Å². The second-order valence-electron chi connectivity index (χ2n) is 3.74. The Morgan fingerprint density at radius 1 is 1.50 bits per heavy atom. The van der Waals surface area contributed by atoms with Crippen LogP contribution in [0, 0.1) is 0 Å². The second kappa shape index (κ2) is 6.81. The zero-order valence-corrected chi connectivity index (χ0v) is 11.1. The molecule has 1 N–H and O–H groups in total. The van der Waals surface area contributed by atoms with E-state index in [1.807, 2.05) is 24.9 Å². The third-order valence-electron chi connectivity index (χ3n) is 2.47. The van der Waals surface area contributed by atoms with Crippen LogP contribution >= 0.6 is 0 Å². The average molecular weight is 243 g/mol. The Labute approximate surface area is 99.9 Å². The van der Waals surface area contributed by atoms with Crippen molar-refractivity contribution in [3.63, 3.8) is 0 Å². The van der Waals surface area contributed by atoms with Crippen LogP contribution in [0.1, 0.15) is 25.1 Å². The van der Waals surface area contributed by atoms with E-state index >= 15 is 0 Å². The quantitative estimate of drug-likeness (QED) is 0.722. The summed E-state index contributed by atoms with van der Waals surface area (Å²) in [7, 11) is 1.27. The van der Waals surface area contributed by atoms with Crippen molar-refractivity contribution in [2.45, 2.75) is 26.8 Å². The zero-order chi connectivity index (χ0) is 12.0. The molecule has 0 radical (unpaired) electrons. The summed E-state index contributed by atoms with van der Waals surface area (Å²) in [6.07, 6.45) is 3.00. The monoisotopic (exact) mass is 243 g/mol. The molecule has 0 amide bonds. The molecule has 92 valence electrons. The van der Waals surface area contributed by atoms with Crippen molar-refractivity contribution in [2.75, 3.05) is 18.1 Å². The number of aryl methyl sites for hydroxylation is 2. The molecule has 0 fully saturated rings. The third kappa shape index (κ3) is 4.06. The standard InChI is InChI=1S/C11H21N3OS/c1-4-11-10(9-14(3)13-11)8-12-6-7-16(15)5-2/h9,12H,4-8H2,1-3H3. The Balaban J connectivity index is 2.34. The normalized spacial score (nSPS) is 12.9. The highest BCUT2D eigenvalue weighted by Crippen LogP contribution is 2.06. The molecular weight excluding hydrogens is 222 g/mol. The SMILES string of the molecule is CCc1nn(C)cc1CNCCS(=O)CC. The van der Waals surface area contributed by atoms with E-state index in [0.717, 1.165) is 36.7 Å². The Morgan fingerprint density at radius 3 is 2.88 bits per heavy atom. The Bertz CT molecular complexity index is 349. The third-order valence-corrected chi connectivity index (χ3v) is 3.77. The fourth-order valence-electron chi connectivity index (χ4n) is 1.58. The van der Waals surface area contributed by atoms with E-state index in [4.69, 9.17) is 0 Å². The second-order valence-corrected chi connectivity index (χ2v) is 5.60. The molecule has 5 heteroatoms. The number of nitrogens with zero attached hydrogens (tertiary/aromatic N) is 2. The first-order valence-corrected chi connectivity index (χ1v) is 7.23. The topological polar surface area (TPSA) is 46.9 Å². The fourth-order valence-corrected chi connectivity index (χ4v) is 2.24. The molecule has 0 saturated carbocycles. The van der Waals surface area contributed by atoms with Crippen molar-refractivity contribution in [1.29, 1.82) is 0 Å². The van der Waals surface area contributed by atoms with E-state index in [1.54, 1.807) is 0 Å². The lowest BCUT2D eigenvalue weighted by atomic mass is 10.2. The summed E-state index contributed by atoms with van der Waals surface area (Å²) in [4.78, 5) is 0. The smallest absolute Gasteiger partial charge is 0.0666 e. The summed E-state index contributed by atoms with van der Waals surface area (Å²) in [5, 5.41) is 7.68. The lowest BCUT2D eigenvalue weighted by molar-refractivity contribution is 0.673. The maximum absolute atomic E-state index is 11.2. The summed E-state index contributed by atoms with van der Waals surface area (Å²) in [6, 6.07) is 0. The van der Waals surface area contributed by atoms with Crippen LogP contribution in [-0.2, 0) is 30.8 Å². The molecule has 1 heterocycles. The van der Waals surface area contributed by atoms with Crippen LogP contribution < -0.4 is 5.32 Å². The van der Waals surface area contributed by atoms with Crippen LogP contribution in [-0.4, -0.2) is 32.0 Å². The molecule has 4 nitrogen and oxygen atoms in total. The molecular formula is C11H21N3OS. The van der Waals surface area contributed by atoms with Crippen LogP contribution in [0.2, 0.25) is 0 Å². The van der Waals surface area contributed by atoms with Gasteiger partial charge in [0.2, 0.25) is 0 Å². The Kier molecular flexibility index (Phi) is 5.69. The van der Waals surface area contributed by atoms with Crippen LogP contribution in [0.3, 0.4) is 0 Å². The molecule has 1 aromatic rings. The van der Waals surface area contributed by atoms with E-state index in [-0.39, 0.29) is 0 Å². The molecule has 0 aromatic carbocycles. The minimum atomic E-state index is -0.670. The van der Waals surface area contributed by atoms with Crippen LogP contribution in [0.5, 0.6) is 0 Å². The van der Waals surface area contributed by atoms with E-state index in [9.17, 15) is 4.21 Å². The Morgan fingerprint density at radius 2 is 2.25 bits per heavy atom. The van der Waals surface area contributed by atoms with Gasteiger partial charge in [-0.1, -0.05) is 13.8 Å². The molecule has 1 rings (SSSR count). The largest absolute Gasteiger partial charge is 0.312 e. The van der Waals surface area contributed by atoms with Crippen molar-refractivity contribution < 1.29 is 4.21 Å². The molecule has 0 aliphatic heterocycles. The van der Waals surface area contributed by atoms with Gasteiger partial charge < -0.3 is 5.32 Å². The molecule has 16 heavy (non-hydrogen) atoms. The number of aromatic nitrogens is 2. The van der Waals surface area contributed by atoms with E-state index in [0.29, 0.717) is 0 Å². The lowest BCUT2D eigenvalue weighted by Gasteiger charge is -2.03. The molecule has 1 atom stereocenters. The summed E-state index contributed by atoms with van der Waals surface area (Å²) in [5.41, 5.74) is 2.39. The van der Waals surface area contributed by atoms with Gasteiger partial charge in [0.25, 0.3) is 0 Å². The lowest BCUT2D eigenvalue weighted by Crippen LogP contribution is -2.20. The van der Waals surface area contributed by atoms with E-state index in [1.165, 1.54) is 5.56 Å². The molecule has 1 unspecified atom stereocenters. The van der Waals surface area contributed by atoms with Crippen molar-refractivity contribution in [2.24, 2.45) is 7.05 Å². The summed E-state index contributed by atoms with van der Waals surface area (Å²) >= 11 is 0. The van der Waals surface area contributed by atoms with Crippen molar-refractivity contribution in [3.8, 4) is 0 Å². The first-order chi connectivity index (χ1) is 7.67. The fraction of sp³-hybridized carbons (Fsp3) is 0.727. The zero-order valence-electron chi connectivity index (χ0n) is 10.3. The molecule has 0 saturated heterocycles. The van der Waals surface area contributed by atoms with Crippen molar-refractivity contribution in [1.82, 2.24) is 15.1 Å². The van der Waals surface area contributed by atoms with Gasteiger partial charge in [0.1, 0.15) is 0 Å². The highest BCUT2D eigenvalue weighted by Gasteiger charge is 2.04. The maximum atomic E-state index is 11.2. The maximum Gasteiger partial charge on any atom is 0.0666 e. The minimum absolute atomic E-state index is 0.670. The van der Waals surface area contributed by atoms with Gasteiger partial charge >= 0.3 is 0 Å².